The number of carbonyl (C=O) groups is 1. The predicted octanol–water partition coefficient (Wildman–Crippen LogP) is 2.64. The first-order chi connectivity index (χ1) is 9.60. The smallest absolute Gasteiger partial charge is 0.251 e. The van der Waals surface area contributed by atoms with Crippen molar-refractivity contribution in [3.05, 3.63) is 58.8 Å². The lowest BCUT2D eigenvalue weighted by molar-refractivity contribution is 0.0950. The van der Waals surface area contributed by atoms with Crippen LogP contribution in [0.25, 0.3) is 0 Å². The summed E-state index contributed by atoms with van der Waals surface area (Å²) in [5.41, 5.74) is 3.92. The second kappa shape index (κ2) is 6.19. The van der Waals surface area contributed by atoms with E-state index in [9.17, 15) is 4.79 Å². The molecule has 2 rings (SSSR count). The van der Waals surface area contributed by atoms with E-state index >= 15 is 0 Å². The Balaban J connectivity index is 2.02. The SMILES string of the molecule is COc1cc(CNC(=O)c2ccc(C)c(C)c2)ccn1. The summed E-state index contributed by atoms with van der Waals surface area (Å²) < 4.78 is 5.05. The molecule has 0 unspecified atom stereocenters. The first-order valence-corrected chi connectivity index (χ1v) is 6.44. The van der Waals surface area contributed by atoms with Gasteiger partial charge < -0.3 is 10.1 Å². The summed E-state index contributed by atoms with van der Waals surface area (Å²) in [5, 5.41) is 2.89. The number of benzene rings is 1. The number of hydrogen-bond acceptors (Lipinski definition) is 3. The van der Waals surface area contributed by atoms with E-state index < -0.39 is 0 Å². The molecule has 0 spiro atoms. The van der Waals surface area contributed by atoms with Crippen LogP contribution in [0.4, 0.5) is 0 Å². The van der Waals surface area contributed by atoms with E-state index in [0.29, 0.717) is 18.0 Å². The van der Waals surface area contributed by atoms with Crippen LogP contribution in [0.2, 0.25) is 0 Å². The van der Waals surface area contributed by atoms with Gasteiger partial charge in [-0.05, 0) is 48.7 Å². The molecule has 1 aromatic heterocycles. The number of nitrogens with one attached hydrogen (secondary N) is 1. The Labute approximate surface area is 118 Å². The highest BCUT2D eigenvalue weighted by atomic mass is 16.5. The minimum atomic E-state index is -0.0797. The predicted molar refractivity (Wildman–Crippen MR) is 77.9 cm³/mol. The number of pyridine rings is 1. The third-order valence-corrected chi connectivity index (χ3v) is 3.23. The topological polar surface area (TPSA) is 51.2 Å². The second-order valence-electron chi connectivity index (χ2n) is 4.69. The molecule has 4 heteroatoms. The fourth-order valence-corrected chi connectivity index (χ4v) is 1.84. The number of carbonyl (C=O) groups excluding carboxylic acids is 1. The van der Waals surface area contributed by atoms with Gasteiger partial charge in [-0.15, -0.1) is 0 Å². The van der Waals surface area contributed by atoms with Crippen molar-refractivity contribution in [1.29, 1.82) is 0 Å². The van der Waals surface area contributed by atoms with Crippen molar-refractivity contribution in [3.8, 4) is 5.88 Å². The Morgan fingerprint density at radius 1 is 1.20 bits per heavy atom. The summed E-state index contributed by atoms with van der Waals surface area (Å²) in [7, 11) is 1.57. The van der Waals surface area contributed by atoms with E-state index in [2.05, 4.69) is 10.3 Å². The van der Waals surface area contributed by atoms with Crippen LogP contribution in [0.1, 0.15) is 27.0 Å². The van der Waals surface area contributed by atoms with Crippen LogP contribution < -0.4 is 10.1 Å². The molecule has 0 radical (unpaired) electrons. The fraction of sp³-hybridized carbons (Fsp3) is 0.250. The first kappa shape index (κ1) is 14.1. The summed E-state index contributed by atoms with van der Waals surface area (Å²) in [6, 6.07) is 9.35. The fourth-order valence-electron chi connectivity index (χ4n) is 1.84. The van der Waals surface area contributed by atoms with E-state index in [-0.39, 0.29) is 5.91 Å². The molecule has 104 valence electrons. The van der Waals surface area contributed by atoms with Crippen molar-refractivity contribution in [1.82, 2.24) is 10.3 Å². The maximum absolute atomic E-state index is 12.1. The molecule has 0 aliphatic carbocycles. The number of aromatic nitrogens is 1. The average Bonchev–Trinajstić information content (AvgIpc) is 2.47. The van der Waals surface area contributed by atoms with Gasteiger partial charge in [0.1, 0.15) is 0 Å². The number of methoxy groups -OCH3 is 1. The Hall–Kier alpha value is -2.36. The van der Waals surface area contributed by atoms with Crippen molar-refractivity contribution in [2.24, 2.45) is 0 Å². The van der Waals surface area contributed by atoms with Gasteiger partial charge in [0.05, 0.1) is 7.11 Å². The molecule has 0 aliphatic rings. The summed E-state index contributed by atoms with van der Waals surface area (Å²) in [4.78, 5) is 16.1. The van der Waals surface area contributed by atoms with Crippen LogP contribution >= 0.6 is 0 Å². The molecule has 1 amide bonds. The highest BCUT2D eigenvalue weighted by Crippen LogP contribution is 2.11. The molecule has 1 aromatic carbocycles. The molecule has 0 atom stereocenters. The zero-order valence-electron chi connectivity index (χ0n) is 11.9. The Bertz CT molecular complexity index is 624. The highest BCUT2D eigenvalue weighted by Gasteiger charge is 2.06. The van der Waals surface area contributed by atoms with E-state index in [4.69, 9.17) is 4.74 Å². The number of ether oxygens (including phenoxy) is 1. The number of nitrogens with zero attached hydrogens (tertiary/aromatic N) is 1. The Morgan fingerprint density at radius 3 is 2.70 bits per heavy atom. The van der Waals surface area contributed by atoms with Gasteiger partial charge in [-0.25, -0.2) is 4.98 Å². The van der Waals surface area contributed by atoms with Gasteiger partial charge in [0.25, 0.3) is 5.91 Å². The molecule has 0 aliphatic heterocycles. The zero-order chi connectivity index (χ0) is 14.5. The summed E-state index contributed by atoms with van der Waals surface area (Å²) in [6.45, 7) is 4.48. The van der Waals surface area contributed by atoms with Gasteiger partial charge in [-0.1, -0.05) is 6.07 Å². The third-order valence-electron chi connectivity index (χ3n) is 3.23. The maximum Gasteiger partial charge on any atom is 0.251 e. The minimum absolute atomic E-state index is 0.0797. The monoisotopic (exact) mass is 270 g/mol. The number of hydrogen-bond donors (Lipinski definition) is 1. The minimum Gasteiger partial charge on any atom is -0.481 e. The van der Waals surface area contributed by atoms with Crippen molar-refractivity contribution in [3.63, 3.8) is 0 Å². The summed E-state index contributed by atoms with van der Waals surface area (Å²) >= 11 is 0. The molecule has 0 bridgehead atoms. The molecule has 2 aromatic rings. The lowest BCUT2D eigenvalue weighted by Gasteiger charge is -2.08. The van der Waals surface area contributed by atoms with Crippen LogP contribution in [0, 0.1) is 13.8 Å². The van der Waals surface area contributed by atoms with Crippen molar-refractivity contribution in [2.75, 3.05) is 7.11 Å². The van der Waals surface area contributed by atoms with Crippen molar-refractivity contribution in [2.45, 2.75) is 20.4 Å². The van der Waals surface area contributed by atoms with Gasteiger partial charge in [-0.2, -0.15) is 0 Å². The highest BCUT2D eigenvalue weighted by molar-refractivity contribution is 5.94. The van der Waals surface area contributed by atoms with Gasteiger partial charge in [-0.3, -0.25) is 4.79 Å². The Kier molecular flexibility index (Phi) is 4.35. The van der Waals surface area contributed by atoms with Crippen molar-refractivity contribution < 1.29 is 9.53 Å². The molecule has 0 saturated carbocycles. The van der Waals surface area contributed by atoms with Crippen LogP contribution in [0.5, 0.6) is 5.88 Å². The molecule has 0 saturated heterocycles. The molecule has 1 heterocycles. The molecular formula is C16H18N2O2. The lowest BCUT2D eigenvalue weighted by atomic mass is 10.1. The average molecular weight is 270 g/mol. The van der Waals surface area contributed by atoms with E-state index in [1.165, 1.54) is 5.56 Å². The molecule has 4 nitrogen and oxygen atoms in total. The van der Waals surface area contributed by atoms with E-state index in [1.807, 2.05) is 38.1 Å². The summed E-state index contributed by atoms with van der Waals surface area (Å²) in [6.07, 6.45) is 1.66. The van der Waals surface area contributed by atoms with Gasteiger partial charge in [0, 0.05) is 24.4 Å². The maximum atomic E-state index is 12.1. The van der Waals surface area contributed by atoms with E-state index in [0.717, 1.165) is 11.1 Å². The number of amides is 1. The zero-order valence-corrected chi connectivity index (χ0v) is 11.9. The largest absolute Gasteiger partial charge is 0.481 e. The van der Waals surface area contributed by atoms with Crippen LogP contribution in [-0.2, 0) is 6.54 Å². The van der Waals surface area contributed by atoms with Crippen LogP contribution in [0.15, 0.2) is 36.5 Å². The quantitative estimate of drug-likeness (QED) is 0.929. The van der Waals surface area contributed by atoms with Gasteiger partial charge >= 0.3 is 0 Å². The first-order valence-electron chi connectivity index (χ1n) is 6.44. The van der Waals surface area contributed by atoms with Gasteiger partial charge in [0.15, 0.2) is 0 Å². The number of rotatable bonds is 4. The number of aryl methyl sites for hydroxylation is 2. The van der Waals surface area contributed by atoms with E-state index in [1.54, 1.807) is 19.4 Å². The molecule has 0 fully saturated rings. The van der Waals surface area contributed by atoms with Crippen LogP contribution in [0.3, 0.4) is 0 Å². The Morgan fingerprint density at radius 2 is 2.00 bits per heavy atom. The normalized spacial score (nSPS) is 10.2. The summed E-state index contributed by atoms with van der Waals surface area (Å²) in [5.74, 6) is 0.465. The standard InChI is InChI=1S/C16H18N2O2/c1-11-4-5-14(8-12(11)2)16(19)18-10-13-6-7-17-15(9-13)20-3/h4-9H,10H2,1-3H3,(H,18,19). The van der Waals surface area contributed by atoms with Crippen molar-refractivity contribution >= 4 is 5.91 Å². The van der Waals surface area contributed by atoms with Crippen LogP contribution in [-0.4, -0.2) is 18.0 Å². The second-order valence-corrected chi connectivity index (χ2v) is 4.69. The molecular weight excluding hydrogens is 252 g/mol. The third kappa shape index (κ3) is 3.35. The molecule has 1 N–H and O–H groups in total. The van der Waals surface area contributed by atoms with Gasteiger partial charge in [0.2, 0.25) is 5.88 Å². The lowest BCUT2D eigenvalue weighted by Crippen LogP contribution is -2.22. The molecule has 20 heavy (non-hydrogen) atoms.